The van der Waals surface area contributed by atoms with E-state index >= 15 is 0 Å². The molecule has 1 atom stereocenters. The summed E-state index contributed by atoms with van der Waals surface area (Å²) in [6.45, 7) is 11.8. The smallest absolute Gasteiger partial charge is 0.203 e. The predicted molar refractivity (Wildman–Crippen MR) is 58.7 cm³/mol. The zero-order valence-corrected chi connectivity index (χ0v) is 10.6. The van der Waals surface area contributed by atoms with Crippen LogP contribution >= 0.6 is 7.37 Å². The first kappa shape index (κ1) is 13.2. The molecule has 0 radical (unpaired) electrons. The lowest BCUT2D eigenvalue weighted by atomic mass is 10.0. The molecule has 0 saturated carbocycles. The van der Waals surface area contributed by atoms with E-state index in [2.05, 4.69) is 13.8 Å². The number of rotatable bonds is 5. The normalized spacial score (nSPS) is 17.5. The first-order valence-electron chi connectivity index (χ1n) is 5.05. The van der Waals surface area contributed by atoms with Crippen molar-refractivity contribution in [3.05, 3.63) is 0 Å². The fourth-order valence-electron chi connectivity index (χ4n) is 0.922. The Morgan fingerprint density at radius 2 is 1.69 bits per heavy atom. The minimum Gasteiger partial charge on any atom is -0.322 e. The summed E-state index contributed by atoms with van der Waals surface area (Å²) in [4.78, 5) is 0. The van der Waals surface area contributed by atoms with Gasteiger partial charge in [0.15, 0.2) is 0 Å². The Morgan fingerprint density at radius 1 is 1.31 bits per heavy atom. The van der Waals surface area contributed by atoms with Crippen LogP contribution in [0.25, 0.3) is 0 Å². The van der Waals surface area contributed by atoms with E-state index in [4.69, 9.17) is 4.52 Å². The predicted octanol–water partition coefficient (Wildman–Crippen LogP) is 3.90. The van der Waals surface area contributed by atoms with E-state index in [-0.39, 0.29) is 11.3 Å². The zero-order valence-electron chi connectivity index (χ0n) is 9.76. The van der Waals surface area contributed by atoms with E-state index in [9.17, 15) is 4.57 Å². The number of hydrogen-bond donors (Lipinski definition) is 0. The first-order valence-corrected chi connectivity index (χ1v) is 7.19. The first-order chi connectivity index (χ1) is 5.77. The number of hydrogen-bond acceptors (Lipinski definition) is 2. The molecular weight excluding hydrogens is 183 g/mol. The van der Waals surface area contributed by atoms with Crippen LogP contribution in [0.1, 0.15) is 47.5 Å². The van der Waals surface area contributed by atoms with Gasteiger partial charge in [0, 0.05) is 12.3 Å². The molecule has 0 aromatic carbocycles. The van der Waals surface area contributed by atoms with Gasteiger partial charge in [-0.2, -0.15) is 0 Å². The monoisotopic (exact) mass is 206 g/mol. The van der Waals surface area contributed by atoms with Crippen molar-refractivity contribution in [3.63, 3.8) is 0 Å². The second-order valence-electron chi connectivity index (χ2n) is 4.25. The van der Waals surface area contributed by atoms with Gasteiger partial charge in [0.1, 0.15) is 0 Å². The van der Waals surface area contributed by atoms with Crippen molar-refractivity contribution in [1.82, 2.24) is 0 Å². The Kier molecular flexibility index (Phi) is 4.68. The van der Waals surface area contributed by atoms with Crippen LogP contribution in [0, 0.1) is 0 Å². The molecule has 0 aliphatic carbocycles. The van der Waals surface area contributed by atoms with Crippen molar-refractivity contribution >= 4 is 7.37 Å². The van der Waals surface area contributed by atoms with Crippen molar-refractivity contribution in [2.75, 3.05) is 6.66 Å². The summed E-state index contributed by atoms with van der Waals surface area (Å²) in [5.41, 5.74) is -0.0981. The molecule has 0 fully saturated rings. The SMILES string of the molecule is CCC(C)(CC)OP(C)(=O)C(C)C. The molecule has 0 aromatic heterocycles. The molecule has 0 saturated heterocycles. The maximum atomic E-state index is 12.0. The Balaban J connectivity index is 4.49. The average molecular weight is 206 g/mol. The Hall–Kier alpha value is 0.190. The molecule has 80 valence electrons. The van der Waals surface area contributed by atoms with Gasteiger partial charge in [-0.1, -0.05) is 27.7 Å². The van der Waals surface area contributed by atoms with Gasteiger partial charge in [-0.15, -0.1) is 0 Å². The van der Waals surface area contributed by atoms with E-state index in [1.807, 2.05) is 20.8 Å². The van der Waals surface area contributed by atoms with Crippen LogP contribution in [0.3, 0.4) is 0 Å². The van der Waals surface area contributed by atoms with Gasteiger partial charge in [0.25, 0.3) is 0 Å². The zero-order chi connectivity index (χ0) is 10.7. The molecular formula is C10H23O2P. The molecule has 1 unspecified atom stereocenters. The maximum Gasteiger partial charge on any atom is 0.203 e. The minimum atomic E-state index is -2.42. The summed E-state index contributed by atoms with van der Waals surface area (Å²) in [6.07, 6.45) is 1.82. The molecule has 0 aromatic rings. The molecule has 0 N–H and O–H groups in total. The largest absolute Gasteiger partial charge is 0.322 e. The van der Waals surface area contributed by atoms with Crippen LogP contribution in [0.4, 0.5) is 0 Å². The highest BCUT2D eigenvalue weighted by atomic mass is 31.2. The summed E-state index contributed by atoms with van der Waals surface area (Å²) >= 11 is 0. The van der Waals surface area contributed by atoms with Gasteiger partial charge in [-0.05, 0) is 19.8 Å². The van der Waals surface area contributed by atoms with E-state index in [1.54, 1.807) is 6.66 Å². The molecule has 0 aliphatic heterocycles. The standard InChI is InChI=1S/C10H23O2P/c1-7-10(5,8-2)12-13(6,11)9(3)4/h9H,7-8H2,1-6H3. The van der Waals surface area contributed by atoms with E-state index in [0.717, 1.165) is 12.8 Å². The van der Waals surface area contributed by atoms with Crippen molar-refractivity contribution in [2.24, 2.45) is 0 Å². The Morgan fingerprint density at radius 3 is 1.92 bits per heavy atom. The highest BCUT2D eigenvalue weighted by molar-refractivity contribution is 7.58. The topological polar surface area (TPSA) is 26.3 Å². The van der Waals surface area contributed by atoms with E-state index in [1.165, 1.54) is 0 Å². The molecule has 0 heterocycles. The third kappa shape index (κ3) is 3.83. The van der Waals surface area contributed by atoms with Crippen molar-refractivity contribution in [3.8, 4) is 0 Å². The second kappa shape index (κ2) is 4.61. The van der Waals surface area contributed by atoms with Gasteiger partial charge >= 0.3 is 0 Å². The quantitative estimate of drug-likeness (QED) is 0.638. The second-order valence-corrected chi connectivity index (χ2v) is 7.28. The van der Waals surface area contributed by atoms with Crippen LogP contribution in [0.2, 0.25) is 0 Å². The molecule has 0 rings (SSSR count). The highest BCUT2D eigenvalue weighted by Gasteiger charge is 2.31. The van der Waals surface area contributed by atoms with Crippen LogP contribution in [-0.2, 0) is 9.09 Å². The lowest BCUT2D eigenvalue weighted by Gasteiger charge is -2.32. The fourth-order valence-corrected chi connectivity index (χ4v) is 2.27. The third-order valence-electron chi connectivity index (χ3n) is 2.84. The molecule has 0 spiro atoms. The summed E-state index contributed by atoms with van der Waals surface area (Å²) in [7, 11) is -2.42. The molecule has 0 bridgehead atoms. The minimum absolute atomic E-state index is 0.116. The van der Waals surface area contributed by atoms with Crippen molar-refractivity contribution < 1.29 is 9.09 Å². The summed E-state index contributed by atoms with van der Waals surface area (Å²) in [5, 5.41) is 0. The molecule has 2 nitrogen and oxygen atoms in total. The van der Waals surface area contributed by atoms with E-state index in [0.29, 0.717) is 0 Å². The van der Waals surface area contributed by atoms with Crippen molar-refractivity contribution in [1.29, 1.82) is 0 Å². The Bertz CT molecular complexity index is 195. The Labute approximate surface area is 82.5 Å². The van der Waals surface area contributed by atoms with Gasteiger partial charge in [-0.3, -0.25) is 4.57 Å². The van der Waals surface area contributed by atoms with Crippen LogP contribution in [0.15, 0.2) is 0 Å². The summed E-state index contributed by atoms with van der Waals surface area (Å²) in [6, 6.07) is 0. The highest BCUT2D eigenvalue weighted by Crippen LogP contribution is 2.52. The summed E-state index contributed by atoms with van der Waals surface area (Å²) < 4.78 is 17.8. The van der Waals surface area contributed by atoms with Crippen molar-refractivity contribution in [2.45, 2.75) is 58.7 Å². The lowest BCUT2D eigenvalue weighted by molar-refractivity contribution is 0.0834. The fraction of sp³-hybridized carbons (Fsp3) is 1.00. The maximum absolute atomic E-state index is 12.0. The molecule has 3 heteroatoms. The average Bonchev–Trinajstić information content (AvgIpc) is 2.03. The van der Waals surface area contributed by atoms with E-state index < -0.39 is 7.37 Å². The van der Waals surface area contributed by atoms with Crippen LogP contribution in [0.5, 0.6) is 0 Å². The van der Waals surface area contributed by atoms with Gasteiger partial charge in [0.2, 0.25) is 7.37 Å². The van der Waals surface area contributed by atoms with Gasteiger partial charge < -0.3 is 4.52 Å². The summed E-state index contributed by atoms with van der Waals surface area (Å²) in [5.74, 6) is 0. The van der Waals surface area contributed by atoms with Gasteiger partial charge in [-0.25, -0.2) is 0 Å². The van der Waals surface area contributed by atoms with Crippen LogP contribution < -0.4 is 0 Å². The third-order valence-corrected chi connectivity index (χ3v) is 5.51. The molecule has 0 aliphatic rings. The molecule has 13 heavy (non-hydrogen) atoms. The molecule has 0 amide bonds. The lowest BCUT2D eigenvalue weighted by Crippen LogP contribution is -2.26. The van der Waals surface area contributed by atoms with Crippen LogP contribution in [-0.4, -0.2) is 17.9 Å². The van der Waals surface area contributed by atoms with Gasteiger partial charge in [0.05, 0.1) is 5.60 Å².